The molecule has 0 N–H and O–H groups in total. The summed E-state index contributed by atoms with van der Waals surface area (Å²) in [4.78, 5) is 12.9. The third-order valence-electron chi connectivity index (χ3n) is 4.81. The second-order valence-electron chi connectivity index (χ2n) is 6.73. The predicted molar refractivity (Wildman–Crippen MR) is 111 cm³/mol. The Bertz CT molecular complexity index is 1310. The zero-order valence-electron chi connectivity index (χ0n) is 16.8. The van der Waals surface area contributed by atoms with Crippen LogP contribution in [0.25, 0.3) is 11.3 Å². The standard InChI is InChI=1S/C20H16F3N3O4S2/c1-11(27)26(32(28,29)12-6-4-3-5-7-12)25-18-13-8-9-15(30-2)16(21)14(13)10-31-19(18)17(24-25)20(22)23/h3-9,20H,10H2,1-2H3. The van der Waals surface area contributed by atoms with E-state index in [1.807, 2.05) is 0 Å². The Hall–Kier alpha value is -2.99. The molecule has 1 aliphatic rings. The van der Waals surface area contributed by atoms with E-state index in [0.29, 0.717) is 9.21 Å². The average molecular weight is 483 g/mol. The molecule has 3 aromatic rings. The molecule has 0 aliphatic carbocycles. The van der Waals surface area contributed by atoms with Crippen molar-refractivity contribution in [3.8, 4) is 17.0 Å². The van der Waals surface area contributed by atoms with Gasteiger partial charge in [0, 0.05) is 23.8 Å². The van der Waals surface area contributed by atoms with E-state index in [-0.39, 0.29) is 38.1 Å². The van der Waals surface area contributed by atoms with Crippen LogP contribution in [0.4, 0.5) is 13.2 Å². The lowest BCUT2D eigenvalue weighted by Gasteiger charge is -2.25. The minimum absolute atomic E-state index is 0.00227. The van der Waals surface area contributed by atoms with Gasteiger partial charge in [0.1, 0.15) is 11.4 Å². The molecule has 2 aromatic carbocycles. The third-order valence-corrected chi connectivity index (χ3v) is 7.67. The van der Waals surface area contributed by atoms with Gasteiger partial charge in [0.15, 0.2) is 11.6 Å². The van der Waals surface area contributed by atoms with Crippen LogP contribution in [0.15, 0.2) is 52.3 Å². The van der Waals surface area contributed by atoms with Crippen LogP contribution in [0, 0.1) is 5.82 Å². The number of rotatable bonds is 5. The minimum atomic E-state index is -4.51. The Morgan fingerprint density at radius 2 is 1.91 bits per heavy atom. The van der Waals surface area contributed by atoms with Crippen molar-refractivity contribution in [2.24, 2.45) is 0 Å². The first-order chi connectivity index (χ1) is 15.2. The number of carbonyl (C=O) groups excluding carboxylic acids is 1. The Kier molecular flexibility index (Phi) is 5.67. The number of aromatic nitrogens is 2. The molecule has 0 atom stereocenters. The van der Waals surface area contributed by atoms with E-state index in [0.717, 1.165) is 18.7 Å². The highest BCUT2D eigenvalue weighted by Gasteiger charge is 2.38. The number of benzene rings is 2. The largest absolute Gasteiger partial charge is 0.494 e. The van der Waals surface area contributed by atoms with Crippen molar-refractivity contribution in [1.29, 1.82) is 0 Å². The maximum absolute atomic E-state index is 14.9. The summed E-state index contributed by atoms with van der Waals surface area (Å²) in [7, 11) is -3.23. The Labute approximate surface area is 185 Å². The number of halogens is 3. The number of fused-ring (bicyclic) bond motifs is 3. The summed E-state index contributed by atoms with van der Waals surface area (Å²) in [6.07, 6.45) is -3.05. The number of methoxy groups -OCH3 is 1. The molecular formula is C20H16F3N3O4S2. The van der Waals surface area contributed by atoms with E-state index in [2.05, 4.69) is 5.10 Å². The lowest BCUT2D eigenvalue weighted by Crippen LogP contribution is -2.45. The molecule has 168 valence electrons. The smallest absolute Gasteiger partial charge is 0.286 e. The van der Waals surface area contributed by atoms with Crippen LogP contribution in [0.1, 0.15) is 24.6 Å². The summed E-state index contributed by atoms with van der Waals surface area (Å²) in [5, 5.41) is 3.79. The molecule has 1 amide bonds. The molecule has 12 heteroatoms. The van der Waals surface area contributed by atoms with Gasteiger partial charge in [-0.05, 0) is 24.3 Å². The van der Waals surface area contributed by atoms with Crippen LogP contribution in [-0.4, -0.2) is 31.3 Å². The number of carbonyl (C=O) groups is 1. The molecule has 1 aromatic heterocycles. The summed E-state index contributed by atoms with van der Waals surface area (Å²) in [5.74, 6) is -1.73. The number of sulfonamides is 1. The lowest BCUT2D eigenvalue weighted by atomic mass is 10.0. The number of amides is 1. The van der Waals surface area contributed by atoms with Gasteiger partial charge in [0.25, 0.3) is 22.4 Å². The summed E-state index contributed by atoms with van der Waals surface area (Å²) in [5.41, 5.74) is -0.528. The van der Waals surface area contributed by atoms with Crippen LogP contribution in [-0.2, 0) is 20.6 Å². The van der Waals surface area contributed by atoms with Gasteiger partial charge in [-0.2, -0.15) is 13.2 Å². The lowest BCUT2D eigenvalue weighted by molar-refractivity contribution is -0.116. The summed E-state index contributed by atoms with van der Waals surface area (Å²) >= 11 is 0.884. The molecule has 1 aliphatic heterocycles. The van der Waals surface area contributed by atoms with Crippen molar-refractivity contribution in [2.45, 2.75) is 28.9 Å². The SMILES string of the molecule is COc1ccc2c(c1F)CSc1c(C(F)F)nn(N(C(C)=O)S(=O)(=O)c3ccccc3)c1-2. The second-order valence-corrected chi connectivity index (χ2v) is 9.48. The summed E-state index contributed by atoms with van der Waals surface area (Å²) in [6, 6.07) is 9.77. The molecule has 0 unspecified atom stereocenters. The first-order valence-corrected chi connectivity index (χ1v) is 11.6. The fraction of sp³-hybridized carbons (Fsp3) is 0.200. The normalized spacial score (nSPS) is 12.9. The third kappa shape index (κ3) is 3.43. The predicted octanol–water partition coefficient (Wildman–Crippen LogP) is 4.11. The molecule has 0 fully saturated rings. The maximum Gasteiger partial charge on any atom is 0.286 e. The topological polar surface area (TPSA) is 81.5 Å². The van der Waals surface area contributed by atoms with Crippen LogP contribution in [0.2, 0.25) is 0 Å². The monoisotopic (exact) mass is 483 g/mol. The van der Waals surface area contributed by atoms with Gasteiger partial charge in [0.05, 0.1) is 16.9 Å². The molecule has 0 spiro atoms. The number of thioether (sulfide) groups is 1. The van der Waals surface area contributed by atoms with Gasteiger partial charge in [-0.15, -0.1) is 21.3 Å². The van der Waals surface area contributed by atoms with E-state index < -0.39 is 33.9 Å². The van der Waals surface area contributed by atoms with E-state index in [4.69, 9.17) is 4.74 Å². The Morgan fingerprint density at radius 3 is 2.50 bits per heavy atom. The number of hydrogen-bond acceptors (Lipinski definition) is 6. The van der Waals surface area contributed by atoms with Crippen LogP contribution < -0.4 is 9.15 Å². The van der Waals surface area contributed by atoms with Crippen molar-refractivity contribution < 1.29 is 31.1 Å². The van der Waals surface area contributed by atoms with Crippen LogP contribution in [0.3, 0.4) is 0 Å². The van der Waals surface area contributed by atoms with Gasteiger partial charge in [0.2, 0.25) is 0 Å². The van der Waals surface area contributed by atoms with E-state index in [1.165, 1.54) is 43.5 Å². The molecule has 0 radical (unpaired) electrons. The van der Waals surface area contributed by atoms with Gasteiger partial charge in [-0.3, -0.25) is 4.79 Å². The fourth-order valence-electron chi connectivity index (χ4n) is 3.42. The van der Waals surface area contributed by atoms with Gasteiger partial charge in [-0.1, -0.05) is 18.2 Å². The van der Waals surface area contributed by atoms with Gasteiger partial charge in [-0.25, -0.2) is 13.2 Å². The van der Waals surface area contributed by atoms with Crippen molar-refractivity contribution >= 4 is 27.7 Å². The first-order valence-electron chi connectivity index (χ1n) is 9.19. The van der Waals surface area contributed by atoms with Crippen LogP contribution in [0.5, 0.6) is 5.75 Å². The van der Waals surface area contributed by atoms with E-state index >= 15 is 0 Å². The van der Waals surface area contributed by atoms with Crippen molar-refractivity contribution in [3.05, 3.63) is 59.5 Å². The summed E-state index contributed by atoms with van der Waals surface area (Å²) in [6.45, 7) is 0.974. The van der Waals surface area contributed by atoms with Crippen molar-refractivity contribution in [3.63, 3.8) is 0 Å². The molecule has 2 heterocycles. The Morgan fingerprint density at radius 1 is 1.22 bits per heavy atom. The number of hydrogen-bond donors (Lipinski definition) is 0. The van der Waals surface area contributed by atoms with Crippen molar-refractivity contribution in [1.82, 2.24) is 9.89 Å². The first kappa shape index (κ1) is 22.2. The molecule has 4 rings (SSSR count). The molecule has 0 saturated heterocycles. The highest BCUT2D eigenvalue weighted by Crippen LogP contribution is 2.47. The molecule has 0 saturated carbocycles. The number of alkyl halides is 2. The second kappa shape index (κ2) is 8.17. The fourth-order valence-corrected chi connectivity index (χ4v) is 5.96. The number of ether oxygens (including phenoxy) is 1. The van der Waals surface area contributed by atoms with E-state index in [9.17, 15) is 26.4 Å². The average Bonchev–Trinajstić information content (AvgIpc) is 3.14. The number of nitrogens with zero attached hydrogens (tertiary/aromatic N) is 3. The molecule has 7 nitrogen and oxygen atoms in total. The summed E-state index contributed by atoms with van der Waals surface area (Å²) < 4.78 is 74.3. The van der Waals surface area contributed by atoms with E-state index in [1.54, 1.807) is 6.07 Å². The van der Waals surface area contributed by atoms with Gasteiger partial charge >= 0.3 is 0 Å². The maximum atomic E-state index is 14.9. The van der Waals surface area contributed by atoms with Crippen molar-refractivity contribution in [2.75, 3.05) is 11.5 Å². The molecule has 32 heavy (non-hydrogen) atoms. The zero-order valence-corrected chi connectivity index (χ0v) is 18.4. The highest BCUT2D eigenvalue weighted by molar-refractivity contribution is 7.98. The molecule has 0 bridgehead atoms. The quantitative estimate of drug-likeness (QED) is 0.543. The van der Waals surface area contributed by atoms with Gasteiger partial charge < -0.3 is 4.74 Å². The van der Waals surface area contributed by atoms with Crippen LogP contribution >= 0.6 is 11.8 Å². The zero-order chi connectivity index (χ0) is 23.2. The minimum Gasteiger partial charge on any atom is -0.494 e. The highest BCUT2D eigenvalue weighted by atomic mass is 32.2. The molecular weight excluding hydrogens is 467 g/mol. The Balaban J connectivity index is 2.02.